The van der Waals surface area contributed by atoms with Crippen molar-refractivity contribution in [2.75, 3.05) is 0 Å². The van der Waals surface area contributed by atoms with Crippen LogP contribution in [0.3, 0.4) is 0 Å². The van der Waals surface area contributed by atoms with Crippen LogP contribution in [0.15, 0.2) is 6.07 Å². The van der Waals surface area contributed by atoms with E-state index in [-0.39, 0.29) is 0 Å². The molecule has 0 bridgehead atoms. The molecule has 2 aromatic rings. The van der Waals surface area contributed by atoms with Gasteiger partial charge in [-0.15, -0.1) is 0 Å². The summed E-state index contributed by atoms with van der Waals surface area (Å²) in [6.45, 7) is 18.9. The second-order valence-electron chi connectivity index (χ2n) is 5.95. The van der Waals surface area contributed by atoms with Crippen LogP contribution in [0.25, 0.3) is 0 Å². The summed E-state index contributed by atoms with van der Waals surface area (Å²) >= 11 is 0. The molecule has 2 aromatic heterocycles. The summed E-state index contributed by atoms with van der Waals surface area (Å²) in [6, 6.07) is 2.11. The van der Waals surface area contributed by atoms with Crippen molar-refractivity contribution in [1.82, 2.24) is 9.97 Å². The van der Waals surface area contributed by atoms with Gasteiger partial charge in [-0.05, 0) is 96.2 Å². The Labute approximate surface area is 129 Å². The van der Waals surface area contributed by atoms with Gasteiger partial charge in [-0.3, -0.25) is 9.97 Å². The Hall–Kier alpha value is -1.70. The third kappa shape index (κ3) is 4.13. The lowest BCUT2D eigenvalue weighted by atomic mass is 10.0. The molecule has 0 aliphatic heterocycles. The van der Waals surface area contributed by atoms with Gasteiger partial charge in [0.25, 0.3) is 0 Å². The molecule has 2 nitrogen and oxygen atoms in total. The third-order valence-corrected chi connectivity index (χ3v) is 4.45. The molecular formula is C19H28N2. The highest BCUT2D eigenvalue weighted by Crippen LogP contribution is 2.16. The van der Waals surface area contributed by atoms with E-state index in [4.69, 9.17) is 0 Å². The van der Waals surface area contributed by atoms with Crippen LogP contribution >= 0.6 is 0 Å². The first-order chi connectivity index (χ1) is 9.65. The van der Waals surface area contributed by atoms with E-state index in [9.17, 15) is 0 Å². The maximum Gasteiger partial charge on any atom is 0.0407 e. The van der Waals surface area contributed by atoms with Crippen molar-refractivity contribution in [3.05, 3.63) is 56.7 Å². The van der Waals surface area contributed by atoms with Gasteiger partial charge in [-0.1, -0.05) is 0 Å². The SMILES string of the molecule is Cc1cc(C)c(C)c(C)n1.Cc1nc(C)c(C)c(C)c1C. The number of rotatable bonds is 0. The first-order valence-electron chi connectivity index (χ1n) is 7.47. The quantitative estimate of drug-likeness (QED) is 0.685. The van der Waals surface area contributed by atoms with Crippen molar-refractivity contribution in [3.63, 3.8) is 0 Å². The number of aryl methyl sites for hydroxylation is 5. The molecule has 0 aromatic carbocycles. The van der Waals surface area contributed by atoms with Gasteiger partial charge in [0.2, 0.25) is 0 Å². The molecule has 0 atom stereocenters. The molecule has 0 amide bonds. The van der Waals surface area contributed by atoms with Gasteiger partial charge in [0, 0.05) is 22.8 Å². The van der Waals surface area contributed by atoms with E-state index < -0.39 is 0 Å². The predicted molar refractivity (Wildman–Crippen MR) is 91.1 cm³/mol. The highest BCUT2D eigenvalue weighted by molar-refractivity contribution is 5.36. The minimum Gasteiger partial charge on any atom is -0.258 e. The largest absolute Gasteiger partial charge is 0.258 e. The number of aromatic nitrogens is 2. The van der Waals surface area contributed by atoms with Crippen LogP contribution in [-0.2, 0) is 0 Å². The van der Waals surface area contributed by atoms with Crippen LogP contribution in [-0.4, -0.2) is 9.97 Å². The Morgan fingerprint density at radius 2 is 0.952 bits per heavy atom. The summed E-state index contributed by atoms with van der Waals surface area (Å²) in [5.74, 6) is 0. The van der Waals surface area contributed by atoms with E-state index in [1.807, 2.05) is 6.92 Å². The lowest BCUT2D eigenvalue weighted by Crippen LogP contribution is -1.98. The number of hydrogen-bond acceptors (Lipinski definition) is 2. The molecule has 0 spiro atoms. The summed E-state index contributed by atoms with van der Waals surface area (Å²) in [5, 5.41) is 0. The van der Waals surface area contributed by atoms with Gasteiger partial charge in [0.05, 0.1) is 0 Å². The lowest BCUT2D eigenvalue weighted by molar-refractivity contribution is 1.03. The molecule has 2 heterocycles. The fourth-order valence-corrected chi connectivity index (χ4v) is 2.33. The smallest absolute Gasteiger partial charge is 0.0407 e. The summed E-state index contributed by atoms with van der Waals surface area (Å²) in [6.07, 6.45) is 0. The minimum atomic E-state index is 1.11. The highest BCUT2D eigenvalue weighted by atomic mass is 14.7. The van der Waals surface area contributed by atoms with E-state index in [1.54, 1.807) is 0 Å². The zero-order chi connectivity index (χ0) is 16.3. The Kier molecular flexibility index (Phi) is 5.65. The Morgan fingerprint density at radius 3 is 1.38 bits per heavy atom. The maximum atomic E-state index is 4.43. The van der Waals surface area contributed by atoms with E-state index in [1.165, 1.54) is 27.8 Å². The first-order valence-corrected chi connectivity index (χ1v) is 7.47. The Morgan fingerprint density at radius 1 is 0.524 bits per heavy atom. The zero-order valence-corrected chi connectivity index (χ0v) is 15.0. The average Bonchev–Trinajstić information content (AvgIpc) is 2.41. The van der Waals surface area contributed by atoms with Crippen molar-refractivity contribution in [1.29, 1.82) is 0 Å². The predicted octanol–water partition coefficient (Wildman–Crippen LogP) is 4.94. The van der Waals surface area contributed by atoms with E-state index in [0.29, 0.717) is 0 Å². The van der Waals surface area contributed by atoms with Gasteiger partial charge in [0.1, 0.15) is 0 Å². The lowest BCUT2D eigenvalue weighted by Gasteiger charge is -2.09. The monoisotopic (exact) mass is 284 g/mol. The Balaban J connectivity index is 0.000000211. The molecule has 2 heteroatoms. The molecule has 0 aliphatic carbocycles. The Bertz CT molecular complexity index is 606. The van der Waals surface area contributed by atoms with Crippen LogP contribution < -0.4 is 0 Å². The molecule has 114 valence electrons. The van der Waals surface area contributed by atoms with E-state index in [2.05, 4.69) is 71.4 Å². The number of pyridine rings is 2. The molecule has 0 fully saturated rings. The number of hydrogen-bond donors (Lipinski definition) is 0. The summed E-state index contributed by atoms with van der Waals surface area (Å²) in [7, 11) is 0. The van der Waals surface area contributed by atoms with Crippen LogP contribution in [0.4, 0.5) is 0 Å². The normalized spacial score (nSPS) is 10.1. The molecule has 0 unspecified atom stereocenters. The van der Waals surface area contributed by atoms with Gasteiger partial charge >= 0.3 is 0 Å². The van der Waals surface area contributed by atoms with E-state index >= 15 is 0 Å². The second-order valence-corrected chi connectivity index (χ2v) is 5.95. The van der Waals surface area contributed by atoms with Crippen molar-refractivity contribution in [3.8, 4) is 0 Å². The fourth-order valence-electron chi connectivity index (χ4n) is 2.33. The summed E-state index contributed by atoms with van der Waals surface area (Å²) in [4.78, 5) is 8.77. The molecule has 0 aliphatic rings. The third-order valence-electron chi connectivity index (χ3n) is 4.45. The molecule has 0 radical (unpaired) electrons. The molecule has 2 rings (SSSR count). The molecule has 21 heavy (non-hydrogen) atoms. The maximum absolute atomic E-state index is 4.43. The van der Waals surface area contributed by atoms with Crippen LogP contribution in [0.1, 0.15) is 50.6 Å². The molecule has 0 N–H and O–H groups in total. The van der Waals surface area contributed by atoms with Crippen molar-refractivity contribution < 1.29 is 0 Å². The van der Waals surface area contributed by atoms with Crippen LogP contribution in [0.2, 0.25) is 0 Å². The van der Waals surface area contributed by atoms with Crippen molar-refractivity contribution in [2.45, 2.75) is 62.3 Å². The minimum absolute atomic E-state index is 1.11. The van der Waals surface area contributed by atoms with Crippen molar-refractivity contribution in [2.24, 2.45) is 0 Å². The molecular weight excluding hydrogens is 256 g/mol. The second kappa shape index (κ2) is 6.84. The average molecular weight is 284 g/mol. The van der Waals surface area contributed by atoms with Crippen LogP contribution in [0.5, 0.6) is 0 Å². The van der Waals surface area contributed by atoms with E-state index in [0.717, 1.165) is 22.8 Å². The number of nitrogens with zero attached hydrogens (tertiary/aromatic N) is 2. The van der Waals surface area contributed by atoms with Gasteiger partial charge in [-0.25, -0.2) is 0 Å². The van der Waals surface area contributed by atoms with Crippen molar-refractivity contribution >= 4 is 0 Å². The standard InChI is InChI=1S/C10H15N.C9H13N/c1-6-7(2)9(4)11-10(5)8(6)3;1-6-5-7(2)10-9(4)8(6)3/h1-5H3;5H,1-4H3. The molecule has 0 saturated carbocycles. The fraction of sp³-hybridized carbons (Fsp3) is 0.474. The van der Waals surface area contributed by atoms with Crippen LogP contribution in [0, 0.1) is 62.3 Å². The van der Waals surface area contributed by atoms with Gasteiger partial charge in [0.15, 0.2) is 0 Å². The highest BCUT2D eigenvalue weighted by Gasteiger charge is 2.04. The van der Waals surface area contributed by atoms with Gasteiger partial charge in [-0.2, -0.15) is 0 Å². The van der Waals surface area contributed by atoms with Gasteiger partial charge < -0.3 is 0 Å². The zero-order valence-electron chi connectivity index (χ0n) is 15.0. The summed E-state index contributed by atoms with van der Waals surface area (Å²) in [5.41, 5.74) is 11.3. The molecule has 0 saturated heterocycles. The first kappa shape index (κ1) is 17.4. The summed E-state index contributed by atoms with van der Waals surface area (Å²) < 4.78 is 0. The topological polar surface area (TPSA) is 25.8 Å².